The number of aromatic nitrogens is 10. The molecule has 0 atom stereocenters. The average molecular weight is 787 g/mol. The van der Waals surface area contributed by atoms with Gasteiger partial charge in [-0.3, -0.25) is 9.97 Å². The van der Waals surface area contributed by atoms with Gasteiger partial charge in [0.25, 0.3) is 0 Å². The lowest BCUT2D eigenvalue weighted by Crippen LogP contribution is -2.10. The Morgan fingerprint density at radius 3 is 1.17 bits per heavy atom. The third-order valence-corrected chi connectivity index (χ3v) is 11.6. The molecule has 2 N–H and O–H groups in total. The van der Waals surface area contributed by atoms with Crippen molar-refractivity contribution < 1.29 is 0 Å². The Labute approximate surface area is 348 Å². The largest absolute Gasteiger partial charge is 0.324 e. The first-order chi connectivity index (χ1) is 28.6. The topological polar surface area (TPSA) is 135 Å². The second kappa shape index (κ2) is 13.3. The van der Waals surface area contributed by atoms with E-state index in [-0.39, 0.29) is 16.2 Å². The Bertz CT molecular complexity index is 3250. The Morgan fingerprint density at radius 2 is 0.717 bits per heavy atom. The standard InChI is InChI=1S/C50H46N10/c1-48(2,3)29-10-13-32-35(24-29)43-53-40(32)54-44-36-25-30(49(4,5)6)12-15-34(36)42(57-44)58-46-38(27-16-20-51-21-17-27)39(28-18-22-52-23-19-28)47(60-46)59-45-37-26-31(50(7,8)9)11-14-33(37)41(55-43)56-45/h10-26H,1-9H3,(H2,53,54,55,56,57,58,59,60). The van der Waals surface area contributed by atoms with Crippen LogP contribution in [0.2, 0.25) is 0 Å². The summed E-state index contributed by atoms with van der Waals surface area (Å²) in [5, 5.41) is 3.72. The number of fused-ring (bicyclic) bond motifs is 17. The molecular formula is C50H46N10. The van der Waals surface area contributed by atoms with Gasteiger partial charge in [-0.25, -0.2) is 29.9 Å². The van der Waals surface area contributed by atoms with Gasteiger partial charge in [0.2, 0.25) is 0 Å². The molecule has 0 saturated heterocycles. The lowest BCUT2D eigenvalue weighted by atomic mass is 9.85. The van der Waals surface area contributed by atoms with Crippen LogP contribution in [0.25, 0.3) is 78.1 Å². The zero-order chi connectivity index (χ0) is 41.7. The fourth-order valence-electron chi connectivity index (χ4n) is 8.06. The predicted molar refractivity (Wildman–Crippen MR) is 241 cm³/mol. The zero-order valence-corrected chi connectivity index (χ0v) is 35.4. The number of benzene rings is 3. The molecule has 0 unspecified atom stereocenters. The highest BCUT2D eigenvalue weighted by atomic mass is 15.1. The average Bonchev–Trinajstić information content (AvgIpc) is 3.95. The summed E-state index contributed by atoms with van der Waals surface area (Å²) in [7, 11) is 0. The van der Waals surface area contributed by atoms with Crippen LogP contribution in [0.15, 0.2) is 104 Å². The maximum Gasteiger partial charge on any atom is 0.165 e. The van der Waals surface area contributed by atoms with Crippen molar-refractivity contribution in [2.24, 2.45) is 0 Å². The van der Waals surface area contributed by atoms with Crippen LogP contribution in [0.3, 0.4) is 0 Å². The summed E-state index contributed by atoms with van der Waals surface area (Å²) in [6, 6.07) is 27.5. The Balaban J connectivity index is 1.42. The van der Waals surface area contributed by atoms with Crippen molar-refractivity contribution in [2.75, 3.05) is 0 Å². The molecule has 8 bridgehead atoms. The molecule has 3 aromatic carbocycles. The van der Waals surface area contributed by atoms with E-state index in [4.69, 9.17) is 29.9 Å². The molecule has 2 aliphatic rings. The summed E-state index contributed by atoms with van der Waals surface area (Å²) in [6.45, 7) is 20.0. The van der Waals surface area contributed by atoms with Gasteiger partial charge in [0.05, 0.1) is 0 Å². The van der Waals surface area contributed by atoms with Crippen molar-refractivity contribution in [1.82, 2.24) is 49.8 Å². The van der Waals surface area contributed by atoms with E-state index in [2.05, 4.69) is 137 Å². The van der Waals surface area contributed by atoms with Crippen molar-refractivity contribution in [2.45, 2.75) is 78.6 Å². The number of aromatic amines is 2. The van der Waals surface area contributed by atoms with Crippen molar-refractivity contribution >= 4 is 55.3 Å². The van der Waals surface area contributed by atoms with Gasteiger partial charge in [0.1, 0.15) is 22.6 Å². The molecule has 10 rings (SSSR count). The number of hydrogen-bond acceptors (Lipinski definition) is 8. The summed E-state index contributed by atoms with van der Waals surface area (Å²) in [5.41, 5.74) is 11.2. The first-order valence-electron chi connectivity index (χ1n) is 20.4. The van der Waals surface area contributed by atoms with Crippen molar-refractivity contribution in [3.8, 4) is 22.8 Å². The molecule has 0 aliphatic carbocycles. The van der Waals surface area contributed by atoms with Crippen LogP contribution in [0.1, 0.15) is 102 Å². The third-order valence-electron chi connectivity index (χ3n) is 11.6. The molecular weight excluding hydrogens is 741 g/mol. The number of nitrogens with zero attached hydrogens (tertiary/aromatic N) is 8. The number of rotatable bonds is 2. The molecule has 60 heavy (non-hydrogen) atoms. The van der Waals surface area contributed by atoms with Crippen LogP contribution in [0, 0.1) is 0 Å². The minimum Gasteiger partial charge on any atom is -0.324 e. The van der Waals surface area contributed by atoms with Crippen LogP contribution in [-0.2, 0) is 16.2 Å². The molecule has 8 aromatic rings. The summed E-state index contributed by atoms with van der Waals surface area (Å²) < 4.78 is 0. The van der Waals surface area contributed by atoms with Crippen molar-refractivity contribution in [3.63, 3.8) is 0 Å². The number of hydrogen-bond donors (Lipinski definition) is 2. The Kier molecular flexibility index (Phi) is 8.27. The molecule has 0 fully saturated rings. The summed E-state index contributed by atoms with van der Waals surface area (Å²) >= 11 is 0. The number of pyridine rings is 2. The minimum absolute atomic E-state index is 0.0912. The maximum atomic E-state index is 5.42. The first-order valence-corrected chi connectivity index (χ1v) is 20.4. The molecule has 10 nitrogen and oxygen atoms in total. The summed E-state index contributed by atoms with van der Waals surface area (Å²) in [6.07, 6.45) is 7.17. The monoisotopic (exact) mass is 786 g/mol. The van der Waals surface area contributed by atoms with Gasteiger partial charge in [0, 0.05) is 68.6 Å². The third kappa shape index (κ3) is 6.34. The lowest BCUT2D eigenvalue weighted by molar-refractivity contribution is 0.590. The van der Waals surface area contributed by atoms with E-state index in [1.54, 1.807) is 24.8 Å². The van der Waals surface area contributed by atoms with Crippen molar-refractivity contribution in [3.05, 3.63) is 143 Å². The maximum absolute atomic E-state index is 5.42. The molecule has 296 valence electrons. The Morgan fingerprint density at radius 1 is 0.350 bits per heavy atom. The SMILES string of the molecule is CC(C)(C)c1ccc2c(c1)-c1nc-2nc2[nH]c(nc3nc(nc4[nH]c(n1)c1ccc(C(C)(C)C)cc41)C(c1ccncc1)=C3c1ccncc1)c1ccc(C(C)(C)C)cc21. The first kappa shape index (κ1) is 37.3. The minimum atomic E-state index is -0.106. The lowest BCUT2D eigenvalue weighted by Gasteiger charge is -2.19. The molecule has 0 spiro atoms. The highest BCUT2D eigenvalue weighted by Crippen LogP contribution is 2.41. The second-order valence-corrected chi connectivity index (χ2v) is 18.9. The van der Waals surface area contributed by atoms with Crippen LogP contribution in [0.5, 0.6) is 0 Å². The number of nitrogens with one attached hydrogen (secondary N) is 2. The molecule has 10 heteroatoms. The fraction of sp³-hybridized carbons (Fsp3) is 0.240. The molecule has 0 saturated carbocycles. The smallest absolute Gasteiger partial charge is 0.165 e. The van der Waals surface area contributed by atoms with Crippen LogP contribution < -0.4 is 0 Å². The van der Waals surface area contributed by atoms with E-state index in [1.165, 1.54) is 16.7 Å². The zero-order valence-electron chi connectivity index (χ0n) is 35.4. The van der Waals surface area contributed by atoms with Crippen molar-refractivity contribution in [1.29, 1.82) is 0 Å². The van der Waals surface area contributed by atoms with Crippen LogP contribution >= 0.6 is 0 Å². The highest BCUT2D eigenvalue weighted by Gasteiger charge is 2.28. The van der Waals surface area contributed by atoms with Crippen LogP contribution in [0.4, 0.5) is 0 Å². The van der Waals surface area contributed by atoms with Crippen LogP contribution in [-0.4, -0.2) is 49.8 Å². The van der Waals surface area contributed by atoms with E-state index >= 15 is 0 Å². The highest BCUT2D eigenvalue weighted by molar-refractivity contribution is 6.09. The van der Waals surface area contributed by atoms with Gasteiger partial charge in [0.15, 0.2) is 23.3 Å². The molecule has 2 aliphatic heterocycles. The fourth-order valence-corrected chi connectivity index (χ4v) is 8.06. The molecule has 7 heterocycles. The number of H-pyrrole nitrogens is 2. The Hall–Kier alpha value is -6.94. The van der Waals surface area contributed by atoms with Gasteiger partial charge in [-0.2, -0.15) is 0 Å². The van der Waals surface area contributed by atoms with E-state index < -0.39 is 0 Å². The molecule has 5 aromatic heterocycles. The van der Waals surface area contributed by atoms with Gasteiger partial charge in [-0.05, 0) is 86.5 Å². The summed E-state index contributed by atoms with van der Waals surface area (Å²) in [4.78, 5) is 48.0. The van der Waals surface area contributed by atoms with E-state index in [0.717, 1.165) is 54.9 Å². The molecule has 0 amide bonds. The summed E-state index contributed by atoms with van der Waals surface area (Å²) in [5.74, 6) is 2.19. The predicted octanol–water partition coefficient (Wildman–Crippen LogP) is 11.2. The normalized spacial score (nSPS) is 13.3. The van der Waals surface area contributed by atoms with Gasteiger partial charge in [-0.15, -0.1) is 0 Å². The van der Waals surface area contributed by atoms with E-state index in [1.807, 2.05) is 24.3 Å². The molecule has 0 radical (unpaired) electrons. The van der Waals surface area contributed by atoms with E-state index in [9.17, 15) is 0 Å². The van der Waals surface area contributed by atoms with E-state index in [0.29, 0.717) is 45.9 Å². The van der Waals surface area contributed by atoms with Gasteiger partial charge < -0.3 is 9.97 Å². The quantitative estimate of drug-likeness (QED) is 0.177. The second-order valence-electron chi connectivity index (χ2n) is 18.9. The van der Waals surface area contributed by atoms with Gasteiger partial charge >= 0.3 is 0 Å². The van der Waals surface area contributed by atoms with Gasteiger partial charge in [-0.1, -0.05) is 98.7 Å².